The van der Waals surface area contributed by atoms with Gasteiger partial charge in [-0.25, -0.2) is 0 Å². The summed E-state index contributed by atoms with van der Waals surface area (Å²) in [5.74, 6) is 1.09. The second-order valence-corrected chi connectivity index (χ2v) is 5.78. The van der Waals surface area contributed by atoms with Gasteiger partial charge in [0.1, 0.15) is 12.4 Å². The largest absolute Gasteiger partial charge is 0.492 e. The van der Waals surface area contributed by atoms with E-state index in [0.29, 0.717) is 6.04 Å². The van der Waals surface area contributed by atoms with Gasteiger partial charge in [-0.1, -0.05) is 12.1 Å². The van der Waals surface area contributed by atoms with E-state index in [-0.39, 0.29) is 0 Å². The van der Waals surface area contributed by atoms with Crippen molar-refractivity contribution in [2.24, 2.45) is 0 Å². The Morgan fingerprint density at radius 2 is 2.26 bits per heavy atom. The summed E-state index contributed by atoms with van der Waals surface area (Å²) in [6.07, 6.45) is 3.61. The summed E-state index contributed by atoms with van der Waals surface area (Å²) in [5.41, 5.74) is 2.77. The fraction of sp³-hybridized carbons (Fsp3) is 0.562. The summed E-state index contributed by atoms with van der Waals surface area (Å²) >= 11 is 0. The highest BCUT2D eigenvalue weighted by molar-refractivity contribution is 5.41. The molecule has 0 aliphatic carbocycles. The van der Waals surface area contributed by atoms with Gasteiger partial charge in [-0.05, 0) is 63.1 Å². The van der Waals surface area contributed by atoms with Gasteiger partial charge in [-0.2, -0.15) is 0 Å². The highest BCUT2D eigenvalue weighted by atomic mass is 16.5. The quantitative estimate of drug-likeness (QED) is 0.775. The van der Waals surface area contributed by atoms with Crippen molar-refractivity contribution in [1.29, 1.82) is 0 Å². The summed E-state index contributed by atoms with van der Waals surface area (Å²) in [7, 11) is 6.23. The number of likely N-dealkylation sites (tertiary alicyclic amines) is 1. The normalized spacial score (nSPS) is 24.4. The number of fused-ring (bicyclic) bond motifs is 1. The van der Waals surface area contributed by atoms with Crippen molar-refractivity contribution in [2.75, 3.05) is 26.7 Å². The van der Waals surface area contributed by atoms with Crippen LogP contribution in [0.25, 0.3) is 0 Å². The fourth-order valence-corrected chi connectivity index (χ4v) is 3.14. The van der Waals surface area contributed by atoms with Gasteiger partial charge in [-0.15, -0.1) is 0 Å². The molecule has 1 aromatic rings. The smallest absolute Gasteiger partial charge is 0.122 e. The Kier molecular flexibility index (Phi) is 3.76. The number of nitrogens with zero attached hydrogens (tertiary/aromatic N) is 2. The molecule has 0 bridgehead atoms. The van der Waals surface area contributed by atoms with Gasteiger partial charge >= 0.3 is 0 Å². The van der Waals surface area contributed by atoms with Crippen LogP contribution in [0.15, 0.2) is 18.2 Å². The van der Waals surface area contributed by atoms with Crippen LogP contribution in [0.3, 0.4) is 0 Å². The zero-order valence-corrected chi connectivity index (χ0v) is 11.8. The maximum Gasteiger partial charge on any atom is 0.122 e. The van der Waals surface area contributed by atoms with Gasteiger partial charge in [-0.3, -0.25) is 7.05 Å². The third-order valence-corrected chi connectivity index (χ3v) is 4.40. The minimum atomic E-state index is 0.587. The number of rotatable bonds is 3. The van der Waals surface area contributed by atoms with Crippen molar-refractivity contribution in [2.45, 2.75) is 31.8 Å². The second-order valence-electron chi connectivity index (χ2n) is 5.78. The van der Waals surface area contributed by atoms with E-state index in [1.807, 2.05) is 0 Å². The molecule has 0 aromatic heterocycles. The Morgan fingerprint density at radius 1 is 1.37 bits per heavy atom. The van der Waals surface area contributed by atoms with Gasteiger partial charge in [0.2, 0.25) is 0 Å². The molecule has 1 aromatic carbocycles. The van der Waals surface area contributed by atoms with Gasteiger partial charge in [0.25, 0.3) is 0 Å². The summed E-state index contributed by atoms with van der Waals surface area (Å²) in [6, 6.07) is 7.00. The van der Waals surface area contributed by atoms with Crippen molar-refractivity contribution in [3.05, 3.63) is 36.4 Å². The summed E-state index contributed by atoms with van der Waals surface area (Å²) in [4.78, 5) is 4.53. The monoisotopic (exact) mass is 259 g/mol. The number of hydrogen-bond donors (Lipinski definition) is 0. The van der Waals surface area contributed by atoms with Crippen LogP contribution in [0, 0.1) is 7.05 Å². The topological polar surface area (TPSA) is 15.7 Å². The first-order valence-corrected chi connectivity index (χ1v) is 7.23. The van der Waals surface area contributed by atoms with Crippen LogP contribution in [0.4, 0.5) is 0 Å². The van der Waals surface area contributed by atoms with E-state index in [1.165, 1.54) is 30.5 Å². The van der Waals surface area contributed by atoms with Crippen molar-refractivity contribution >= 4 is 0 Å². The molecule has 0 saturated carbocycles. The molecular formula is C16H23N2O-. The molecule has 19 heavy (non-hydrogen) atoms. The van der Waals surface area contributed by atoms with Crippen molar-refractivity contribution < 1.29 is 4.74 Å². The lowest BCUT2D eigenvalue weighted by Gasteiger charge is -2.32. The zero-order valence-electron chi connectivity index (χ0n) is 11.8. The van der Waals surface area contributed by atoms with Gasteiger partial charge in [0.15, 0.2) is 0 Å². The molecule has 0 spiro atoms. The molecule has 3 nitrogen and oxygen atoms in total. The van der Waals surface area contributed by atoms with E-state index in [0.717, 1.165) is 31.9 Å². The Labute approximate surface area is 116 Å². The SMILES string of the molecule is [CH2-]N1CCc2c(cccc2OC[C@@H]2CCCN2C)C1. The summed E-state index contributed by atoms with van der Waals surface area (Å²) in [5, 5.41) is 0. The molecule has 3 rings (SSSR count). The van der Waals surface area contributed by atoms with Crippen LogP contribution in [0.2, 0.25) is 0 Å². The van der Waals surface area contributed by atoms with E-state index >= 15 is 0 Å². The van der Waals surface area contributed by atoms with Crippen LogP contribution in [-0.2, 0) is 13.0 Å². The Morgan fingerprint density at radius 3 is 3.05 bits per heavy atom. The van der Waals surface area contributed by atoms with E-state index < -0.39 is 0 Å². The first kappa shape index (κ1) is 12.9. The van der Waals surface area contributed by atoms with Crippen molar-refractivity contribution in [3.63, 3.8) is 0 Å². The molecule has 1 fully saturated rings. The molecular weight excluding hydrogens is 236 g/mol. The molecule has 2 aliphatic rings. The summed E-state index contributed by atoms with van der Waals surface area (Å²) < 4.78 is 6.11. The predicted molar refractivity (Wildman–Crippen MR) is 77.1 cm³/mol. The van der Waals surface area contributed by atoms with E-state index in [4.69, 9.17) is 4.74 Å². The molecule has 0 N–H and O–H groups in total. The van der Waals surface area contributed by atoms with Gasteiger partial charge in [0, 0.05) is 6.04 Å². The molecule has 1 saturated heterocycles. The van der Waals surface area contributed by atoms with E-state index in [2.05, 4.69) is 42.1 Å². The lowest BCUT2D eigenvalue weighted by Crippen LogP contribution is -2.31. The molecule has 3 heteroatoms. The van der Waals surface area contributed by atoms with E-state index in [1.54, 1.807) is 0 Å². The van der Waals surface area contributed by atoms with Crippen molar-refractivity contribution in [3.8, 4) is 5.75 Å². The number of hydrogen-bond acceptors (Lipinski definition) is 3. The zero-order chi connectivity index (χ0) is 13.2. The highest BCUT2D eigenvalue weighted by Gasteiger charge is 2.22. The maximum atomic E-state index is 6.11. The molecule has 1 atom stereocenters. The number of likely N-dealkylation sites (N-methyl/N-ethyl adjacent to an activating group) is 1. The van der Waals surface area contributed by atoms with Crippen LogP contribution >= 0.6 is 0 Å². The number of ether oxygens (including phenoxy) is 1. The summed E-state index contributed by atoms with van der Waals surface area (Å²) in [6.45, 7) is 3.99. The van der Waals surface area contributed by atoms with Gasteiger partial charge in [0.05, 0.1) is 0 Å². The standard InChI is InChI=1S/C16H23N2O/c1-17-10-8-15-13(11-17)5-3-7-16(15)19-12-14-6-4-9-18(14)2/h3,5,7,14H,1,4,6,8-12H2,2H3/q-1/t14-/m0/s1. The Bertz CT molecular complexity index is 446. The van der Waals surface area contributed by atoms with Crippen LogP contribution < -0.4 is 4.74 Å². The fourth-order valence-electron chi connectivity index (χ4n) is 3.14. The molecule has 2 heterocycles. The van der Waals surface area contributed by atoms with Crippen LogP contribution in [0.5, 0.6) is 5.75 Å². The first-order chi connectivity index (χ1) is 9.24. The predicted octanol–water partition coefficient (Wildman–Crippen LogP) is 2.31. The maximum absolute atomic E-state index is 6.11. The minimum absolute atomic E-state index is 0.587. The van der Waals surface area contributed by atoms with Crippen molar-refractivity contribution in [1.82, 2.24) is 9.80 Å². The molecule has 2 aliphatic heterocycles. The lowest BCUT2D eigenvalue weighted by atomic mass is 9.99. The van der Waals surface area contributed by atoms with Crippen LogP contribution in [-0.4, -0.2) is 42.6 Å². The third kappa shape index (κ3) is 2.77. The van der Waals surface area contributed by atoms with E-state index in [9.17, 15) is 0 Å². The lowest BCUT2D eigenvalue weighted by molar-refractivity contribution is 0.195. The highest BCUT2D eigenvalue weighted by Crippen LogP contribution is 2.28. The van der Waals surface area contributed by atoms with Gasteiger partial charge < -0.3 is 14.5 Å². The second kappa shape index (κ2) is 5.51. The third-order valence-electron chi connectivity index (χ3n) is 4.40. The minimum Gasteiger partial charge on any atom is -0.492 e. The average molecular weight is 259 g/mol. The molecule has 104 valence electrons. The Hall–Kier alpha value is -1.06. The first-order valence-electron chi connectivity index (χ1n) is 7.23. The Balaban J connectivity index is 1.69. The molecule has 0 amide bonds. The average Bonchev–Trinajstić information content (AvgIpc) is 2.81. The molecule has 0 unspecified atom stereocenters. The molecule has 0 radical (unpaired) electrons. The van der Waals surface area contributed by atoms with Crippen LogP contribution in [0.1, 0.15) is 24.0 Å². The number of benzene rings is 1.